The van der Waals surface area contributed by atoms with E-state index in [4.69, 9.17) is 0 Å². The van der Waals surface area contributed by atoms with Gasteiger partial charge in [0.1, 0.15) is 5.82 Å². The highest BCUT2D eigenvalue weighted by atomic mass is 19.1. The molecule has 0 aliphatic carbocycles. The molecule has 128 valence electrons. The third kappa shape index (κ3) is 4.29. The minimum Gasteiger partial charge on any atom is -0.339 e. The minimum atomic E-state index is -0.293. The SMILES string of the molecule is CC(C)(C)c1ccccc1Nc1cnnc(Nc2ccc(F)cc2)n1. The number of nitrogens with zero attached hydrogens (tertiary/aromatic N) is 3. The zero-order chi connectivity index (χ0) is 17.9. The van der Waals surface area contributed by atoms with Gasteiger partial charge in [-0.25, -0.2) is 4.39 Å². The van der Waals surface area contributed by atoms with Gasteiger partial charge in [0.25, 0.3) is 0 Å². The summed E-state index contributed by atoms with van der Waals surface area (Å²) >= 11 is 0. The van der Waals surface area contributed by atoms with Crippen molar-refractivity contribution in [3.05, 3.63) is 66.1 Å². The first-order valence-electron chi connectivity index (χ1n) is 8.01. The van der Waals surface area contributed by atoms with Crippen LogP contribution in [-0.4, -0.2) is 15.2 Å². The molecule has 0 unspecified atom stereocenters. The van der Waals surface area contributed by atoms with E-state index in [0.29, 0.717) is 17.5 Å². The van der Waals surface area contributed by atoms with Crippen LogP contribution in [0.4, 0.5) is 27.5 Å². The normalized spacial score (nSPS) is 11.2. The Hall–Kier alpha value is -3.02. The maximum absolute atomic E-state index is 13.0. The molecule has 6 heteroatoms. The summed E-state index contributed by atoms with van der Waals surface area (Å²) in [6.07, 6.45) is 1.56. The number of anilines is 4. The summed E-state index contributed by atoms with van der Waals surface area (Å²) in [7, 11) is 0. The van der Waals surface area contributed by atoms with Crippen LogP contribution in [-0.2, 0) is 5.41 Å². The van der Waals surface area contributed by atoms with E-state index in [1.807, 2.05) is 18.2 Å². The van der Waals surface area contributed by atoms with Crippen LogP contribution in [0, 0.1) is 5.82 Å². The number of hydrogen-bond donors (Lipinski definition) is 2. The van der Waals surface area contributed by atoms with Gasteiger partial charge in [-0.2, -0.15) is 10.1 Å². The summed E-state index contributed by atoms with van der Waals surface area (Å²) in [5.41, 5.74) is 2.85. The van der Waals surface area contributed by atoms with Gasteiger partial charge in [-0.05, 0) is 41.3 Å². The average molecular weight is 337 g/mol. The number of benzene rings is 2. The molecule has 0 atom stereocenters. The van der Waals surface area contributed by atoms with Crippen molar-refractivity contribution in [3.63, 3.8) is 0 Å². The van der Waals surface area contributed by atoms with Crippen molar-refractivity contribution >= 4 is 23.1 Å². The molecule has 0 radical (unpaired) electrons. The van der Waals surface area contributed by atoms with Gasteiger partial charge in [-0.1, -0.05) is 39.0 Å². The molecular formula is C19H20FN5. The van der Waals surface area contributed by atoms with E-state index in [-0.39, 0.29) is 11.2 Å². The summed E-state index contributed by atoms with van der Waals surface area (Å²) in [4.78, 5) is 4.42. The molecular weight excluding hydrogens is 317 g/mol. The molecule has 2 aromatic carbocycles. The summed E-state index contributed by atoms with van der Waals surface area (Å²) in [6.45, 7) is 6.48. The summed E-state index contributed by atoms with van der Waals surface area (Å²) < 4.78 is 13.0. The van der Waals surface area contributed by atoms with Crippen LogP contribution >= 0.6 is 0 Å². The summed E-state index contributed by atoms with van der Waals surface area (Å²) in [5.74, 6) is 0.625. The van der Waals surface area contributed by atoms with Crippen molar-refractivity contribution < 1.29 is 4.39 Å². The van der Waals surface area contributed by atoms with Crippen molar-refractivity contribution in [3.8, 4) is 0 Å². The van der Waals surface area contributed by atoms with E-state index < -0.39 is 0 Å². The molecule has 0 aliphatic heterocycles. The molecule has 0 fully saturated rings. The van der Waals surface area contributed by atoms with E-state index in [1.165, 1.54) is 17.7 Å². The fourth-order valence-corrected chi connectivity index (χ4v) is 2.46. The molecule has 3 rings (SSSR count). The molecule has 25 heavy (non-hydrogen) atoms. The van der Waals surface area contributed by atoms with Gasteiger partial charge in [0.15, 0.2) is 5.82 Å². The number of aromatic nitrogens is 3. The Bertz CT molecular complexity index is 856. The van der Waals surface area contributed by atoms with Gasteiger partial charge in [-0.15, -0.1) is 5.10 Å². The molecule has 0 saturated heterocycles. The number of nitrogens with one attached hydrogen (secondary N) is 2. The first kappa shape index (κ1) is 16.8. The third-order valence-electron chi connectivity index (χ3n) is 3.66. The Kier molecular flexibility index (Phi) is 4.61. The van der Waals surface area contributed by atoms with Crippen LogP contribution in [0.1, 0.15) is 26.3 Å². The van der Waals surface area contributed by atoms with E-state index in [9.17, 15) is 4.39 Å². The van der Waals surface area contributed by atoms with Crippen molar-refractivity contribution in [2.24, 2.45) is 0 Å². The molecule has 0 amide bonds. The minimum absolute atomic E-state index is 0.000750. The zero-order valence-electron chi connectivity index (χ0n) is 14.4. The van der Waals surface area contributed by atoms with Gasteiger partial charge in [0, 0.05) is 11.4 Å². The predicted molar refractivity (Wildman–Crippen MR) is 97.9 cm³/mol. The van der Waals surface area contributed by atoms with Gasteiger partial charge in [0.2, 0.25) is 5.95 Å². The van der Waals surface area contributed by atoms with Crippen LogP contribution in [0.15, 0.2) is 54.7 Å². The molecule has 0 bridgehead atoms. The van der Waals surface area contributed by atoms with E-state index in [2.05, 4.69) is 52.7 Å². The van der Waals surface area contributed by atoms with Crippen molar-refractivity contribution in [2.75, 3.05) is 10.6 Å². The van der Waals surface area contributed by atoms with Crippen molar-refractivity contribution in [1.29, 1.82) is 0 Å². The molecule has 0 saturated carbocycles. The van der Waals surface area contributed by atoms with Crippen molar-refractivity contribution in [1.82, 2.24) is 15.2 Å². The fraction of sp³-hybridized carbons (Fsp3) is 0.211. The molecule has 1 heterocycles. The second-order valence-electron chi connectivity index (χ2n) is 6.72. The van der Waals surface area contributed by atoms with E-state index in [0.717, 1.165) is 5.69 Å². The number of rotatable bonds is 4. The molecule has 2 N–H and O–H groups in total. The lowest BCUT2D eigenvalue weighted by atomic mass is 9.86. The number of para-hydroxylation sites is 1. The average Bonchev–Trinajstić information content (AvgIpc) is 2.57. The Morgan fingerprint density at radius 2 is 1.64 bits per heavy atom. The number of halogens is 1. The fourth-order valence-electron chi connectivity index (χ4n) is 2.46. The van der Waals surface area contributed by atoms with Gasteiger partial charge >= 0.3 is 0 Å². The highest BCUT2D eigenvalue weighted by Crippen LogP contribution is 2.30. The summed E-state index contributed by atoms with van der Waals surface area (Å²) in [5, 5.41) is 14.3. The topological polar surface area (TPSA) is 62.7 Å². The lowest BCUT2D eigenvalue weighted by Crippen LogP contribution is -2.14. The van der Waals surface area contributed by atoms with Gasteiger partial charge < -0.3 is 10.6 Å². The Balaban J connectivity index is 1.82. The Morgan fingerprint density at radius 1 is 0.920 bits per heavy atom. The maximum Gasteiger partial charge on any atom is 0.249 e. The Labute approximate surface area is 146 Å². The standard InChI is InChI=1S/C19H20FN5/c1-19(2,3)15-6-4-5-7-16(15)23-17-12-21-25-18(24-17)22-14-10-8-13(20)9-11-14/h4-12H,1-3H3,(H2,22,23,24,25). The first-order valence-corrected chi connectivity index (χ1v) is 8.01. The van der Waals surface area contributed by atoms with Gasteiger partial charge in [0.05, 0.1) is 6.20 Å². The lowest BCUT2D eigenvalue weighted by Gasteiger charge is -2.23. The molecule has 0 spiro atoms. The predicted octanol–water partition coefficient (Wildman–Crippen LogP) is 4.80. The monoisotopic (exact) mass is 337 g/mol. The lowest BCUT2D eigenvalue weighted by molar-refractivity contribution is 0.592. The summed E-state index contributed by atoms with van der Waals surface area (Å²) in [6, 6.07) is 14.1. The maximum atomic E-state index is 13.0. The van der Waals surface area contributed by atoms with Crippen molar-refractivity contribution in [2.45, 2.75) is 26.2 Å². The zero-order valence-corrected chi connectivity index (χ0v) is 14.4. The second-order valence-corrected chi connectivity index (χ2v) is 6.72. The molecule has 1 aromatic heterocycles. The second kappa shape index (κ2) is 6.84. The molecule has 3 aromatic rings. The number of hydrogen-bond acceptors (Lipinski definition) is 5. The van der Waals surface area contributed by atoms with Gasteiger partial charge in [-0.3, -0.25) is 0 Å². The van der Waals surface area contributed by atoms with E-state index >= 15 is 0 Å². The van der Waals surface area contributed by atoms with E-state index in [1.54, 1.807) is 18.3 Å². The van der Waals surface area contributed by atoms with Crippen LogP contribution in [0.3, 0.4) is 0 Å². The largest absolute Gasteiger partial charge is 0.339 e. The first-order chi connectivity index (χ1) is 11.9. The highest BCUT2D eigenvalue weighted by molar-refractivity contribution is 5.63. The van der Waals surface area contributed by atoms with Crippen LogP contribution in [0.5, 0.6) is 0 Å². The van der Waals surface area contributed by atoms with Crippen LogP contribution < -0.4 is 10.6 Å². The van der Waals surface area contributed by atoms with Crippen LogP contribution in [0.25, 0.3) is 0 Å². The van der Waals surface area contributed by atoms with Crippen LogP contribution in [0.2, 0.25) is 0 Å². The third-order valence-corrected chi connectivity index (χ3v) is 3.66. The highest BCUT2D eigenvalue weighted by Gasteiger charge is 2.17. The molecule has 5 nitrogen and oxygen atoms in total. The Morgan fingerprint density at radius 3 is 2.36 bits per heavy atom. The smallest absolute Gasteiger partial charge is 0.249 e. The molecule has 0 aliphatic rings. The quantitative estimate of drug-likeness (QED) is 0.716.